The molecule has 2 aromatic rings. The lowest BCUT2D eigenvalue weighted by Crippen LogP contribution is -2.04. The smallest absolute Gasteiger partial charge is 0.342 e. The second-order valence-electron chi connectivity index (χ2n) is 5.22. The molecule has 0 saturated heterocycles. The highest BCUT2D eigenvalue weighted by Crippen LogP contribution is 2.28. The van der Waals surface area contributed by atoms with Gasteiger partial charge in [0.05, 0.1) is 13.7 Å². The van der Waals surface area contributed by atoms with Crippen LogP contribution in [0.2, 0.25) is 0 Å². The van der Waals surface area contributed by atoms with Crippen LogP contribution in [-0.2, 0) is 14.3 Å². The number of ether oxygens (including phenoxy) is 2. The zero-order valence-electron chi connectivity index (χ0n) is 14.4. The number of esters is 2. The highest BCUT2D eigenvalue weighted by Gasteiger charge is 2.19. The number of carbonyl (C=O) groups excluding carboxylic acids is 2. The molecule has 0 atom stereocenters. The third kappa shape index (κ3) is 4.94. The number of allylic oxidation sites excluding steroid dienone is 2. The highest BCUT2D eigenvalue weighted by atomic mass is 16.5. The van der Waals surface area contributed by atoms with Crippen LogP contribution in [0.1, 0.15) is 30.0 Å². The predicted molar refractivity (Wildman–Crippen MR) is 94.9 cm³/mol. The molecule has 0 bridgehead atoms. The van der Waals surface area contributed by atoms with E-state index >= 15 is 0 Å². The van der Waals surface area contributed by atoms with Gasteiger partial charge in [0.2, 0.25) is 0 Å². The van der Waals surface area contributed by atoms with Crippen molar-refractivity contribution in [3.05, 3.63) is 65.4 Å². The fourth-order valence-electron chi connectivity index (χ4n) is 2.16. The second-order valence-corrected chi connectivity index (χ2v) is 5.22. The summed E-state index contributed by atoms with van der Waals surface area (Å²) in [6, 6.07) is 11.0. The SMILES string of the molecule is CCOC(=O)c1cc(/C=C/C(C)=C/C(=O)OC)oc1-c1ccccc1. The lowest BCUT2D eigenvalue weighted by Gasteiger charge is -2.02. The van der Waals surface area contributed by atoms with Crippen molar-refractivity contribution in [3.8, 4) is 11.3 Å². The molecule has 1 aromatic heterocycles. The Morgan fingerprint density at radius 2 is 1.92 bits per heavy atom. The van der Waals surface area contributed by atoms with Gasteiger partial charge in [0.25, 0.3) is 0 Å². The maximum absolute atomic E-state index is 12.2. The van der Waals surface area contributed by atoms with Crippen LogP contribution >= 0.6 is 0 Å². The Labute approximate surface area is 146 Å². The number of methoxy groups -OCH3 is 1. The summed E-state index contributed by atoms with van der Waals surface area (Å²) in [6.45, 7) is 3.80. The number of rotatable bonds is 6. The van der Waals surface area contributed by atoms with Gasteiger partial charge in [-0.3, -0.25) is 0 Å². The molecule has 130 valence electrons. The van der Waals surface area contributed by atoms with Gasteiger partial charge in [-0.25, -0.2) is 9.59 Å². The van der Waals surface area contributed by atoms with Gasteiger partial charge in [0, 0.05) is 11.6 Å². The van der Waals surface area contributed by atoms with Crippen molar-refractivity contribution in [2.45, 2.75) is 13.8 Å². The number of furan rings is 1. The molecule has 0 N–H and O–H groups in total. The molecular weight excluding hydrogens is 320 g/mol. The Hall–Kier alpha value is -3.08. The van der Waals surface area contributed by atoms with Gasteiger partial charge >= 0.3 is 11.9 Å². The predicted octanol–water partition coefficient (Wildman–Crippen LogP) is 4.26. The molecule has 1 aromatic carbocycles. The first-order valence-electron chi connectivity index (χ1n) is 7.85. The van der Waals surface area contributed by atoms with Crippen molar-refractivity contribution in [3.63, 3.8) is 0 Å². The molecule has 0 saturated carbocycles. The van der Waals surface area contributed by atoms with Crippen molar-refractivity contribution in [1.82, 2.24) is 0 Å². The van der Waals surface area contributed by atoms with E-state index in [2.05, 4.69) is 4.74 Å². The van der Waals surface area contributed by atoms with Crippen LogP contribution in [0.3, 0.4) is 0 Å². The minimum Gasteiger partial charge on any atom is -0.466 e. The first kappa shape index (κ1) is 18.3. The molecule has 5 nitrogen and oxygen atoms in total. The molecule has 0 amide bonds. The molecule has 0 aliphatic carbocycles. The Morgan fingerprint density at radius 3 is 2.56 bits per heavy atom. The van der Waals surface area contributed by atoms with E-state index in [-0.39, 0.29) is 6.61 Å². The van der Waals surface area contributed by atoms with Gasteiger partial charge in [0.15, 0.2) is 0 Å². The minimum absolute atomic E-state index is 0.282. The van der Waals surface area contributed by atoms with E-state index in [0.717, 1.165) is 5.56 Å². The normalized spacial score (nSPS) is 11.6. The third-order valence-corrected chi connectivity index (χ3v) is 3.34. The Bertz CT molecular complexity index is 797. The summed E-state index contributed by atoms with van der Waals surface area (Å²) >= 11 is 0. The van der Waals surface area contributed by atoms with Gasteiger partial charge in [-0.1, -0.05) is 36.4 Å². The van der Waals surface area contributed by atoms with Crippen LogP contribution < -0.4 is 0 Å². The Kier molecular flexibility index (Phi) is 6.34. The number of benzene rings is 1. The van der Waals surface area contributed by atoms with Crippen molar-refractivity contribution in [2.75, 3.05) is 13.7 Å². The lowest BCUT2D eigenvalue weighted by molar-refractivity contribution is -0.134. The molecule has 25 heavy (non-hydrogen) atoms. The molecule has 0 aliphatic heterocycles. The molecule has 0 unspecified atom stereocenters. The average Bonchev–Trinajstić information content (AvgIpc) is 3.05. The third-order valence-electron chi connectivity index (χ3n) is 3.34. The van der Waals surface area contributed by atoms with E-state index in [1.54, 1.807) is 32.1 Å². The summed E-state index contributed by atoms with van der Waals surface area (Å²) in [6.07, 6.45) is 4.76. The first-order valence-corrected chi connectivity index (χ1v) is 7.85. The van der Waals surface area contributed by atoms with Gasteiger partial charge in [-0.2, -0.15) is 0 Å². The molecule has 5 heteroatoms. The fraction of sp³-hybridized carbons (Fsp3) is 0.200. The van der Waals surface area contributed by atoms with Crippen LogP contribution in [0.15, 0.2) is 58.5 Å². The van der Waals surface area contributed by atoms with E-state index in [4.69, 9.17) is 9.15 Å². The van der Waals surface area contributed by atoms with Crippen LogP contribution in [-0.4, -0.2) is 25.7 Å². The summed E-state index contributed by atoms with van der Waals surface area (Å²) in [5.41, 5.74) is 1.84. The van der Waals surface area contributed by atoms with Crippen LogP contribution in [0.25, 0.3) is 17.4 Å². The number of hydrogen-bond donors (Lipinski definition) is 0. The minimum atomic E-state index is -0.438. The van der Waals surface area contributed by atoms with Crippen LogP contribution in [0, 0.1) is 0 Å². The molecular formula is C20H20O5. The van der Waals surface area contributed by atoms with E-state index in [0.29, 0.717) is 22.7 Å². The molecule has 2 rings (SSSR count). The summed E-state index contributed by atoms with van der Waals surface area (Å²) in [7, 11) is 1.32. The highest BCUT2D eigenvalue weighted by molar-refractivity contribution is 5.96. The number of hydrogen-bond acceptors (Lipinski definition) is 5. The lowest BCUT2D eigenvalue weighted by atomic mass is 10.1. The standard InChI is InChI=1S/C20H20O5/c1-4-24-20(22)17-13-16(11-10-14(2)12-18(21)23-3)25-19(17)15-8-6-5-7-9-15/h5-13H,4H2,1-3H3/b11-10+,14-12+. The topological polar surface area (TPSA) is 65.7 Å². The van der Waals surface area contributed by atoms with E-state index in [1.807, 2.05) is 30.3 Å². The van der Waals surface area contributed by atoms with Gasteiger partial charge < -0.3 is 13.9 Å². The zero-order chi connectivity index (χ0) is 18.2. The molecule has 0 radical (unpaired) electrons. The molecule has 0 aliphatic rings. The Morgan fingerprint density at radius 1 is 1.20 bits per heavy atom. The maximum atomic E-state index is 12.2. The van der Waals surface area contributed by atoms with Crippen molar-refractivity contribution >= 4 is 18.0 Å². The molecule has 0 fully saturated rings. The largest absolute Gasteiger partial charge is 0.466 e. The second kappa shape index (κ2) is 8.68. The number of carbonyl (C=O) groups is 2. The molecule has 0 spiro atoms. The summed E-state index contributed by atoms with van der Waals surface area (Å²) in [5, 5.41) is 0. The van der Waals surface area contributed by atoms with Gasteiger partial charge in [0.1, 0.15) is 17.1 Å². The zero-order valence-corrected chi connectivity index (χ0v) is 14.4. The Balaban J connectivity index is 2.36. The van der Waals surface area contributed by atoms with Crippen LogP contribution in [0.5, 0.6) is 0 Å². The maximum Gasteiger partial charge on any atom is 0.342 e. The van der Waals surface area contributed by atoms with E-state index in [9.17, 15) is 9.59 Å². The van der Waals surface area contributed by atoms with E-state index in [1.165, 1.54) is 13.2 Å². The quantitative estimate of drug-likeness (QED) is 0.447. The van der Waals surface area contributed by atoms with Crippen molar-refractivity contribution < 1.29 is 23.5 Å². The van der Waals surface area contributed by atoms with Gasteiger partial charge in [-0.05, 0) is 31.6 Å². The van der Waals surface area contributed by atoms with Crippen molar-refractivity contribution in [2.24, 2.45) is 0 Å². The monoisotopic (exact) mass is 340 g/mol. The van der Waals surface area contributed by atoms with E-state index < -0.39 is 11.9 Å². The van der Waals surface area contributed by atoms with Crippen molar-refractivity contribution in [1.29, 1.82) is 0 Å². The average molecular weight is 340 g/mol. The first-order chi connectivity index (χ1) is 12.0. The molecule has 1 heterocycles. The summed E-state index contributed by atoms with van der Waals surface area (Å²) in [4.78, 5) is 23.4. The van der Waals surface area contributed by atoms with Gasteiger partial charge in [-0.15, -0.1) is 0 Å². The fourth-order valence-corrected chi connectivity index (χ4v) is 2.16. The summed E-state index contributed by atoms with van der Waals surface area (Å²) < 4.78 is 15.5. The van der Waals surface area contributed by atoms with Crippen LogP contribution in [0.4, 0.5) is 0 Å². The summed E-state index contributed by atoms with van der Waals surface area (Å²) in [5.74, 6) is 0.0678.